The molecule has 2 N–H and O–H groups in total. The molecule has 0 saturated carbocycles. The van der Waals surface area contributed by atoms with Crippen molar-refractivity contribution in [3.05, 3.63) is 101 Å². The van der Waals surface area contributed by atoms with Crippen molar-refractivity contribution in [1.29, 1.82) is 0 Å². The molecule has 1 heterocycles. The van der Waals surface area contributed by atoms with Crippen LogP contribution >= 0.6 is 0 Å². The lowest BCUT2D eigenvalue weighted by atomic mass is 9.79. The number of alkyl halides is 6. The molecule has 2 aromatic carbocycles. The molecule has 3 aromatic rings. The van der Waals surface area contributed by atoms with Gasteiger partial charge in [0, 0.05) is 12.6 Å². The van der Waals surface area contributed by atoms with E-state index >= 15 is 0 Å². The molecule has 9 heteroatoms. The van der Waals surface area contributed by atoms with E-state index in [4.69, 9.17) is 0 Å². The number of halogens is 6. The normalized spacial score (nSPS) is 15.4. The lowest BCUT2D eigenvalue weighted by Crippen LogP contribution is -2.52. The third-order valence-electron chi connectivity index (χ3n) is 5.74. The number of aliphatic hydroxyl groups is 1. The second kappa shape index (κ2) is 10.2. The van der Waals surface area contributed by atoms with Gasteiger partial charge in [0.2, 0.25) is 0 Å². The van der Waals surface area contributed by atoms with Crippen molar-refractivity contribution in [3.63, 3.8) is 0 Å². The Bertz CT molecular complexity index is 1140. The number of aromatic nitrogens is 1. The summed E-state index contributed by atoms with van der Waals surface area (Å²) in [6.07, 6.45) is -9.58. The van der Waals surface area contributed by atoms with Gasteiger partial charge in [0.1, 0.15) is 6.23 Å². The van der Waals surface area contributed by atoms with E-state index in [0.717, 1.165) is 24.3 Å². The summed E-state index contributed by atoms with van der Waals surface area (Å²) < 4.78 is 80.7. The molecule has 3 rings (SSSR count). The molecular weight excluding hydrogens is 482 g/mol. The average Bonchev–Trinajstić information content (AvgIpc) is 2.77. The van der Waals surface area contributed by atoms with E-state index in [-0.39, 0.29) is 29.5 Å². The van der Waals surface area contributed by atoms with Crippen molar-refractivity contribution in [3.8, 4) is 0 Å². The summed E-state index contributed by atoms with van der Waals surface area (Å²) in [5.74, 6) is 0. The van der Waals surface area contributed by atoms with Crippen molar-refractivity contribution in [2.45, 2.75) is 57.7 Å². The Hall–Kier alpha value is -2.91. The number of benzene rings is 2. The fourth-order valence-corrected chi connectivity index (χ4v) is 4.14. The van der Waals surface area contributed by atoms with Gasteiger partial charge < -0.3 is 5.11 Å². The van der Waals surface area contributed by atoms with Gasteiger partial charge in [-0.3, -0.25) is 10.3 Å². The van der Waals surface area contributed by atoms with Crippen molar-refractivity contribution in [2.75, 3.05) is 0 Å². The minimum atomic E-state index is -4.65. The molecule has 0 radical (unpaired) electrons. The Morgan fingerprint density at radius 2 is 1.39 bits per heavy atom. The molecule has 194 valence electrons. The quantitative estimate of drug-likeness (QED) is 0.267. The van der Waals surface area contributed by atoms with Crippen LogP contribution in [0.5, 0.6) is 0 Å². The topological polar surface area (TPSA) is 45.1 Å². The molecular formula is C27H28F6N2O. The standard InChI is InChI=1S/C27H28F6N2O/c1-24(2,3)16-23(36)35-25(15-18-8-5-4-6-9-18,19-10-7-11-20(14-19)26(28,29)30)22-13-12-21(17-34-22)27(31,32)33/h4-14,17,23,35-36H,15-16H2,1-3H3/t23-,25?/m0/s1. The number of hydrogen-bond acceptors (Lipinski definition) is 3. The molecule has 0 aliphatic rings. The van der Waals surface area contributed by atoms with Crippen molar-refractivity contribution < 1.29 is 31.4 Å². The fourth-order valence-electron chi connectivity index (χ4n) is 4.14. The first-order valence-electron chi connectivity index (χ1n) is 11.3. The molecule has 36 heavy (non-hydrogen) atoms. The van der Waals surface area contributed by atoms with E-state index in [1.807, 2.05) is 20.8 Å². The van der Waals surface area contributed by atoms with E-state index in [2.05, 4.69) is 10.3 Å². The van der Waals surface area contributed by atoms with Crippen LogP contribution in [0.1, 0.15) is 55.1 Å². The van der Waals surface area contributed by atoms with Gasteiger partial charge in [-0.15, -0.1) is 0 Å². The van der Waals surface area contributed by atoms with Gasteiger partial charge in [0.25, 0.3) is 0 Å². The van der Waals surface area contributed by atoms with Crippen LogP contribution in [-0.4, -0.2) is 16.3 Å². The highest BCUT2D eigenvalue weighted by molar-refractivity contribution is 5.41. The SMILES string of the molecule is CC(C)(C)C[C@H](O)NC(Cc1ccccc1)(c1cccc(C(F)(F)F)c1)c1ccc(C(F)(F)F)cn1. The minimum absolute atomic E-state index is 0.0225. The second-order valence-electron chi connectivity index (χ2n) is 10.0. The third kappa shape index (κ3) is 6.85. The Kier molecular flexibility index (Phi) is 7.86. The Morgan fingerprint density at radius 1 is 0.778 bits per heavy atom. The van der Waals surface area contributed by atoms with Crippen molar-refractivity contribution in [1.82, 2.24) is 10.3 Å². The van der Waals surface area contributed by atoms with Gasteiger partial charge in [0.15, 0.2) is 0 Å². The van der Waals surface area contributed by atoms with Crippen molar-refractivity contribution in [2.24, 2.45) is 5.41 Å². The van der Waals surface area contributed by atoms with Crippen LogP contribution in [0.15, 0.2) is 72.9 Å². The van der Waals surface area contributed by atoms with Crippen LogP contribution in [0.25, 0.3) is 0 Å². The molecule has 0 aliphatic carbocycles. The molecule has 0 bridgehead atoms. The average molecular weight is 511 g/mol. The molecule has 1 aromatic heterocycles. The maximum absolute atomic E-state index is 13.6. The molecule has 0 spiro atoms. The predicted octanol–water partition coefficient (Wildman–Crippen LogP) is 6.95. The Morgan fingerprint density at radius 3 is 1.92 bits per heavy atom. The number of nitrogens with one attached hydrogen (secondary N) is 1. The molecule has 3 nitrogen and oxygen atoms in total. The van der Waals surface area contributed by atoms with E-state index in [9.17, 15) is 31.4 Å². The lowest BCUT2D eigenvalue weighted by molar-refractivity contribution is -0.138. The van der Waals surface area contributed by atoms with Crippen LogP contribution in [0.4, 0.5) is 26.3 Å². The number of aliphatic hydroxyl groups excluding tert-OH is 1. The van der Waals surface area contributed by atoms with E-state index in [1.54, 1.807) is 30.3 Å². The van der Waals surface area contributed by atoms with Gasteiger partial charge >= 0.3 is 12.4 Å². The molecule has 1 unspecified atom stereocenters. The summed E-state index contributed by atoms with van der Waals surface area (Å²) >= 11 is 0. The first kappa shape index (κ1) is 27.7. The summed E-state index contributed by atoms with van der Waals surface area (Å²) in [7, 11) is 0. The van der Waals surface area contributed by atoms with Crippen LogP contribution in [0.2, 0.25) is 0 Å². The first-order valence-corrected chi connectivity index (χ1v) is 11.3. The number of hydrogen-bond donors (Lipinski definition) is 2. The van der Waals surface area contributed by atoms with Crippen LogP contribution in [0.3, 0.4) is 0 Å². The highest BCUT2D eigenvalue weighted by atomic mass is 19.4. The smallest absolute Gasteiger partial charge is 0.379 e. The zero-order chi connectivity index (χ0) is 26.8. The van der Waals surface area contributed by atoms with E-state index < -0.39 is 35.2 Å². The second-order valence-corrected chi connectivity index (χ2v) is 10.0. The predicted molar refractivity (Wildman–Crippen MR) is 125 cm³/mol. The summed E-state index contributed by atoms with van der Waals surface area (Å²) in [4.78, 5) is 4.06. The molecule has 0 aliphatic heterocycles. The summed E-state index contributed by atoms with van der Waals surface area (Å²) in [6, 6.07) is 15.3. The van der Waals surface area contributed by atoms with Crippen molar-refractivity contribution >= 4 is 0 Å². The Labute approximate surface area is 206 Å². The number of nitrogens with zero attached hydrogens (tertiary/aromatic N) is 1. The highest BCUT2D eigenvalue weighted by Crippen LogP contribution is 2.38. The van der Waals surface area contributed by atoms with Gasteiger partial charge in [0.05, 0.1) is 22.4 Å². The zero-order valence-corrected chi connectivity index (χ0v) is 20.1. The summed E-state index contributed by atoms with van der Waals surface area (Å²) in [5, 5.41) is 14.0. The number of rotatable bonds is 7. The number of pyridine rings is 1. The maximum Gasteiger partial charge on any atom is 0.417 e. The fraction of sp³-hybridized carbons (Fsp3) is 0.370. The van der Waals surface area contributed by atoms with Gasteiger partial charge in [-0.05, 0) is 47.2 Å². The molecule has 0 saturated heterocycles. The zero-order valence-electron chi connectivity index (χ0n) is 20.1. The van der Waals surface area contributed by atoms with E-state index in [1.165, 1.54) is 12.1 Å². The van der Waals surface area contributed by atoms with Gasteiger partial charge in [-0.25, -0.2) is 0 Å². The lowest BCUT2D eigenvalue weighted by Gasteiger charge is -2.39. The third-order valence-corrected chi connectivity index (χ3v) is 5.74. The minimum Gasteiger partial charge on any atom is -0.379 e. The first-order chi connectivity index (χ1) is 16.6. The molecule has 0 fully saturated rings. The highest BCUT2D eigenvalue weighted by Gasteiger charge is 2.41. The van der Waals surface area contributed by atoms with E-state index in [0.29, 0.717) is 11.8 Å². The van der Waals surface area contributed by atoms with Crippen LogP contribution < -0.4 is 5.32 Å². The maximum atomic E-state index is 13.6. The summed E-state index contributed by atoms with van der Waals surface area (Å²) in [5.41, 5.74) is -2.99. The summed E-state index contributed by atoms with van der Waals surface area (Å²) in [6.45, 7) is 5.66. The van der Waals surface area contributed by atoms with Gasteiger partial charge in [-0.1, -0.05) is 63.2 Å². The molecule has 2 atom stereocenters. The molecule has 0 amide bonds. The Balaban J connectivity index is 2.26. The monoisotopic (exact) mass is 510 g/mol. The van der Waals surface area contributed by atoms with Crippen LogP contribution in [-0.2, 0) is 24.3 Å². The largest absolute Gasteiger partial charge is 0.417 e. The van der Waals surface area contributed by atoms with Crippen LogP contribution in [0, 0.1) is 5.41 Å². The van der Waals surface area contributed by atoms with Gasteiger partial charge in [-0.2, -0.15) is 26.3 Å².